The number of hydrogen-bond donors (Lipinski definition) is 0. The predicted octanol–water partition coefficient (Wildman–Crippen LogP) is 4.85. The van der Waals surface area contributed by atoms with Crippen molar-refractivity contribution in [3.05, 3.63) is 0 Å². The normalized spacial score (nSPS) is 14.8. The zero-order valence-electron chi connectivity index (χ0n) is 15.4. The molecule has 0 aliphatic heterocycles. The molecular weight excluding hydrogens is 346 g/mol. The van der Waals surface area contributed by atoms with Crippen molar-refractivity contribution in [1.82, 2.24) is 4.90 Å². The molecule has 0 heterocycles. The highest BCUT2D eigenvalue weighted by atomic mass is 79.9. The maximum absolute atomic E-state index is 12.3. The van der Waals surface area contributed by atoms with Gasteiger partial charge in [-0.2, -0.15) is 0 Å². The SMILES string of the molecule is CCC(CC)COC(C)(CBr)CN(CC)C(=O)OC(C)(C)C. The van der Waals surface area contributed by atoms with E-state index in [1.807, 2.05) is 34.6 Å². The van der Waals surface area contributed by atoms with Gasteiger partial charge in [-0.05, 0) is 40.5 Å². The first-order valence-electron chi connectivity index (χ1n) is 8.28. The van der Waals surface area contributed by atoms with Crippen molar-refractivity contribution in [3.63, 3.8) is 0 Å². The Morgan fingerprint density at radius 2 is 1.68 bits per heavy atom. The van der Waals surface area contributed by atoms with Gasteiger partial charge in [-0.1, -0.05) is 42.6 Å². The lowest BCUT2D eigenvalue weighted by Crippen LogP contribution is -2.48. The fourth-order valence-electron chi connectivity index (χ4n) is 2.01. The van der Waals surface area contributed by atoms with Crippen LogP contribution in [0.1, 0.15) is 61.3 Å². The summed E-state index contributed by atoms with van der Waals surface area (Å²) in [7, 11) is 0. The molecule has 0 fully saturated rings. The number of carbonyl (C=O) groups excluding carboxylic acids is 1. The van der Waals surface area contributed by atoms with Gasteiger partial charge in [0.05, 0.1) is 18.8 Å². The van der Waals surface area contributed by atoms with Gasteiger partial charge in [-0.3, -0.25) is 0 Å². The maximum Gasteiger partial charge on any atom is 0.410 e. The highest BCUT2D eigenvalue weighted by Crippen LogP contribution is 2.21. The van der Waals surface area contributed by atoms with Gasteiger partial charge in [0.1, 0.15) is 5.60 Å². The zero-order chi connectivity index (χ0) is 17.4. The predicted molar refractivity (Wildman–Crippen MR) is 95.7 cm³/mol. The molecule has 22 heavy (non-hydrogen) atoms. The molecule has 1 atom stereocenters. The Morgan fingerprint density at radius 3 is 2.05 bits per heavy atom. The summed E-state index contributed by atoms with van der Waals surface area (Å²) in [6.45, 7) is 15.8. The quantitative estimate of drug-likeness (QED) is 0.537. The van der Waals surface area contributed by atoms with Crippen LogP contribution >= 0.6 is 15.9 Å². The number of amides is 1. The van der Waals surface area contributed by atoms with Gasteiger partial charge < -0.3 is 14.4 Å². The molecule has 0 aromatic rings. The van der Waals surface area contributed by atoms with Crippen LogP contribution in [0.3, 0.4) is 0 Å². The Bertz CT molecular complexity index is 326. The van der Waals surface area contributed by atoms with Crippen LogP contribution < -0.4 is 0 Å². The largest absolute Gasteiger partial charge is 0.444 e. The average molecular weight is 380 g/mol. The summed E-state index contributed by atoms with van der Waals surface area (Å²) < 4.78 is 11.6. The molecular formula is C17H34BrNO3. The summed E-state index contributed by atoms with van der Waals surface area (Å²) in [4.78, 5) is 14.0. The molecule has 1 amide bonds. The highest BCUT2D eigenvalue weighted by molar-refractivity contribution is 9.09. The highest BCUT2D eigenvalue weighted by Gasteiger charge is 2.31. The second kappa shape index (κ2) is 9.76. The van der Waals surface area contributed by atoms with Gasteiger partial charge in [-0.25, -0.2) is 4.79 Å². The van der Waals surface area contributed by atoms with Crippen LogP contribution in [0.5, 0.6) is 0 Å². The van der Waals surface area contributed by atoms with Crippen LogP contribution in [0.25, 0.3) is 0 Å². The van der Waals surface area contributed by atoms with E-state index in [1.54, 1.807) is 4.90 Å². The second-order valence-electron chi connectivity index (χ2n) is 7.07. The van der Waals surface area contributed by atoms with Gasteiger partial charge in [0, 0.05) is 11.9 Å². The lowest BCUT2D eigenvalue weighted by molar-refractivity contribution is -0.0553. The zero-order valence-corrected chi connectivity index (χ0v) is 17.0. The summed E-state index contributed by atoms with van der Waals surface area (Å²) in [6, 6.07) is 0. The van der Waals surface area contributed by atoms with Crippen molar-refractivity contribution in [3.8, 4) is 0 Å². The maximum atomic E-state index is 12.3. The summed E-state index contributed by atoms with van der Waals surface area (Å²) >= 11 is 3.53. The number of alkyl halides is 1. The number of nitrogens with zero attached hydrogens (tertiary/aromatic N) is 1. The lowest BCUT2D eigenvalue weighted by Gasteiger charge is -2.35. The summed E-state index contributed by atoms with van der Waals surface area (Å²) in [5.74, 6) is 0.565. The third kappa shape index (κ3) is 8.37. The first-order chi connectivity index (χ1) is 10.1. The van der Waals surface area contributed by atoms with Crippen molar-refractivity contribution in [2.24, 2.45) is 5.92 Å². The molecule has 0 rings (SSSR count). The minimum absolute atomic E-state index is 0.284. The number of halogens is 1. The van der Waals surface area contributed by atoms with E-state index >= 15 is 0 Å². The Hall–Kier alpha value is -0.290. The third-order valence-electron chi connectivity index (χ3n) is 3.66. The fourth-order valence-corrected chi connectivity index (χ4v) is 2.34. The molecule has 0 N–H and O–H groups in total. The van der Waals surface area contributed by atoms with E-state index < -0.39 is 11.2 Å². The van der Waals surface area contributed by atoms with E-state index in [9.17, 15) is 4.79 Å². The standard InChI is InChI=1S/C17H34BrNO3/c1-8-14(9-2)11-21-17(7,12-18)13-19(10-3)15(20)22-16(4,5)6/h14H,8-13H2,1-7H3. The average Bonchev–Trinajstić information content (AvgIpc) is 2.44. The van der Waals surface area contributed by atoms with Crippen LogP contribution in [0.4, 0.5) is 4.79 Å². The molecule has 0 aromatic carbocycles. The van der Waals surface area contributed by atoms with Gasteiger partial charge >= 0.3 is 6.09 Å². The molecule has 132 valence electrons. The summed E-state index contributed by atoms with van der Waals surface area (Å²) in [5, 5.41) is 0.680. The van der Waals surface area contributed by atoms with Gasteiger partial charge in [0.15, 0.2) is 0 Å². The first-order valence-corrected chi connectivity index (χ1v) is 9.40. The van der Waals surface area contributed by atoms with E-state index in [0.29, 0.717) is 24.3 Å². The Balaban J connectivity index is 4.74. The number of rotatable bonds is 9. The molecule has 4 nitrogen and oxygen atoms in total. The summed E-state index contributed by atoms with van der Waals surface area (Å²) in [6.07, 6.45) is 1.94. The molecule has 0 aromatic heterocycles. The Morgan fingerprint density at radius 1 is 1.14 bits per heavy atom. The van der Waals surface area contributed by atoms with Crippen LogP contribution in [-0.2, 0) is 9.47 Å². The molecule has 1 unspecified atom stereocenters. The number of likely N-dealkylation sites (N-methyl/N-ethyl adjacent to an activating group) is 1. The number of carbonyl (C=O) groups is 1. The Kier molecular flexibility index (Phi) is 9.63. The Labute approximate surface area is 145 Å². The van der Waals surface area contributed by atoms with E-state index in [0.717, 1.165) is 19.4 Å². The van der Waals surface area contributed by atoms with Crippen molar-refractivity contribution >= 4 is 22.0 Å². The van der Waals surface area contributed by atoms with E-state index in [2.05, 4.69) is 29.8 Å². The number of ether oxygens (including phenoxy) is 2. The van der Waals surface area contributed by atoms with E-state index in [4.69, 9.17) is 9.47 Å². The second-order valence-corrected chi connectivity index (χ2v) is 7.63. The lowest BCUT2D eigenvalue weighted by atomic mass is 10.0. The minimum atomic E-state index is -0.480. The molecule has 0 saturated carbocycles. The number of hydrogen-bond acceptors (Lipinski definition) is 3. The van der Waals surface area contributed by atoms with Gasteiger partial charge in [-0.15, -0.1) is 0 Å². The van der Waals surface area contributed by atoms with Crippen molar-refractivity contribution in [2.45, 2.75) is 72.5 Å². The topological polar surface area (TPSA) is 38.8 Å². The molecule has 0 radical (unpaired) electrons. The van der Waals surface area contributed by atoms with Crippen LogP contribution in [0, 0.1) is 5.92 Å². The fraction of sp³-hybridized carbons (Fsp3) is 0.941. The molecule has 5 heteroatoms. The van der Waals surface area contributed by atoms with Crippen LogP contribution in [-0.4, -0.2) is 47.2 Å². The smallest absolute Gasteiger partial charge is 0.410 e. The van der Waals surface area contributed by atoms with Gasteiger partial charge in [0.2, 0.25) is 0 Å². The van der Waals surface area contributed by atoms with Crippen molar-refractivity contribution in [2.75, 3.05) is 25.0 Å². The third-order valence-corrected chi connectivity index (χ3v) is 4.85. The molecule has 0 aliphatic rings. The first kappa shape index (κ1) is 21.7. The van der Waals surface area contributed by atoms with Crippen LogP contribution in [0.2, 0.25) is 0 Å². The van der Waals surface area contributed by atoms with Crippen molar-refractivity contribution < 1.29 is 14.3 Å². The molecule has 0 saturated heterocycles. The molecule has 0 spiro atoms. The monoisotopic (exact) mass is 379 g/mol. The van der Waals surface area contributed by atoms with Crippen LogP contribution in [0.15, 0.2) is 0 Å². The minimum Gasteiger partial charge on any atom is -0.444 e. The van der Waals surface area contributed by atoms with E-state index in [1.165, 1.54) is 0 Å². The van der Waals surface area contributed by atoms with E-state index in [-0.39, 0.29) is 6.09 Å². The molecule has 0 bridgehead atoms. The summed E-state index contributed by atoms with van der Waals surface area (Å²) in [5.41, 5.74) is -0.888. The van der Waals surface area contributed by atoms with Gasteiger partial charge in [0.25, 0.3) is 0 Å². The molecule has 0 aliphatic carbocycles. The van der Waals surface area contributed by atoms with Crippen molar-refractivity contribution in [1.29, 1.82) is 0 Å².